The Kier molecular flexibility index (Phi) is 7.75. The SMILES string of the molecule is B[P@@]1(=O)OC[C@H]2O[C@@H](n3cnc4c(=O)[nH]c(N)nc43)[C@H](OP(=O)(O)OC[C@H]3O[C@@H](n4cnc5c(N)ncnc54)[C@H](F)[C@@H]3O1)[C@@H]2CO. The molecule has 25 heteroatoms. The fourth-order valence-corrected chi connectivity index (χ4v) is 7.83. The summed E-state index contributed by atoms with van der Waals surface area (Å²) in [5.41, 5.74) is 11.0. The lowest BCUT2D eigenvalue weighted by Gasteiger charge is -2.26. The molecule has 3 fully saturated rings. The minimum atomic E-state index is -5.06. The van der Waals surface area contributed by atoms with Gasteiger partial charge >= 0.3 is 7.82 Å². The number of nitrogen functional groups attached to an aromatic ring is 2. The Morgan fingerprint density at radius 3 is 2.43 bits per heavy atom. The Hall–Kier alpha value is -3.37. The number of nitrogens with zero attached hydrogens (tertiary/aromatic N) is 7. The normalized spacial score (nSPS) is 37.1. The van der Waals surface area contributed by atoms with Crippen LogP contribution >= 0.6 is 15.3 Å². The van der Waals surface area contributed by atoms with Crippen LogP contribution in [0, 0.1) is 5.92 Å². The number of halogens is 1. The summed E-state index contributed by atoms with van der Waals surface area (Å²) in [6.45, 7) is -1.95. The van der Waals surface area contributed by atoms with Crippen LogP contribution in [0.3, 0.4) is 0 Å². The summed E-state index contributed by atoms with van der Waals surface area (Å²) in [5, 5.41) is 10.3. The quantitative estimate of drug-likeness (QED) is 0.121. The summed E-state index contributed by atoms with van der Waals surface area (Å²) in [6, 6.07) is 0. The maximum atomic E-state index is 16.0. The van der Waals surface area contributed by atoms with E-state index in [-0.39, 0.29) is 34.1 Å². The molecule has 7 rings (SSSR count). The zero-order valence-electron chi connectivity index (χ0n) is 23.6. The second kappa shape index (κ2) is 11.4. The number of hydrogen-bond donors (Lipinski definition) is 5. The van der Waals surface area contributed by atoms with Crippen molar-refractivity contribution in [1.82, 2.24) is 39.0 Å². The molecule has 21 nitrogen and oxygen atoms in total. The molecular weight excluding hydrogens is 660 g/mol. The van der Waals surface area contributed by atoms with Gasteiger partial charge < -0.3 is 40.0 Å². The Labute approximate surface area is 256 Å². The number of ether oxygens (including phenoxy) is 2. The van der Waals surface area contributed by atoms with Gasteiger partial charge in [0, 0.05) is 5.92 Å². The number of alkyl halides is 1. The number of phosphoric ester groups is 1. The number of anilines is 2. The van der Waals surface area contributed by atoms with E-state index in [2.05, 4.69) is 29.9 Å². The van der Waals surface area contributed by atoms with Crippen molar-refractivity contribution in [3.63, 3.8) is 0 Å². The summed E-state index contributed by atoms with van der Waals surface area (Å²) < 4.78 is 79.3. The largest absolute Gasteiger partial charge is 0.472 e. The molecule has 10 atom stereocenters. The van der Waals surface area contributed by atoms with Gasteiger partial charge in [0.1, 0.15) is 30.2 Å². The first-order valence-corrected chi connectivity index (χ1v) is 17.1. The molecule has 2 bridgehead atoms. The number of aromatic nitrogens is 8. The van der Waals surface area contributed by atoms with Crippen LogP contribution in [0.2, 0.25) is 0 Å². The average molecular weight is 686 g/mol. The molecule has 246 valence electrons. The molecule has 0 aliphatic carbocycles. The highest BCUT2D eigenvalue weighted by atomic mass is 31.2. The lowest BCUT2D eigenvalue weighted by Crippen LogP contribution is -2.34. The fourth-order valence-electron chi connectivity index (χ4n) is 5.69. The summed E-state index contributed by atoms with van der Waals surface area (Å²) in [6.07, 6.45) is -6.95. The molecule has 0 aromatic carbocycles. The molecular formula is C21H26BFN10O11P2. The van der Waals surface area contributed by atoms with Crippen LogP contribution in [0.4, 0.5) is 16.2 Å². The Bertz CT molecular complexity index is 1960. The molecule has 0 radical (unpaired) electrons. The third kappa shape index (κ3) is 5.41. The lowest BCUT2D eigenvalue weighted by molar-refractivity contribution is -0.0630. The number of hydrogen-bond acceptors (Lipinski definition) is 17. The Balaban J connectivity index is 1.22. The van der Waals surface area contributed by atoms with E-state index in [1.165, 1.54) is 21.8 Å². The maximum Gasteiger partial charge on any atom is 0.472 e. The molecule has 7 heterocycles. The topological polar surface area (TPSA) is 289 Å². The lowest BCUT2D eigenvalue weighted by atomic mass is 9.99. The van der Waals surface area contributed by atoms with Crippen LogP contribution in [0.25, 0.3) is 22.3 Å². The number of H-pyrrole nitrogens is 1. The number of nitrogens with two attached hydrogens (primary N) is 2. The van der Waals surface area contributed by atoms with Crippen molar-refractivity contribution in [2.75, 3.05) is 31.3 Å². The van der Waals surface area contributed by atoms with Gasteiger partial charge in [0.05, 0.1) is 38.6 Å². The van der Waals surface area contributed by atoms with E-state index < -0.39 is 89.6 Å². The minimum Gasteiger partial charge on any atom is -0.396 e. The first kappa shape index (κ1) is 31.2. The van der Waals surface area contributed by atoms with Crippen LogP contribution in [0.15, 0.2) is 23.8 Å². The van der Waals surface area contributed by atoms with E-state index in [0.717, 1.165) is 13.9 Å². The second-order valence-corrected chi connectivity index (χ2v) is 14.2. The molecule has 1 unspecified atom stereocenters. The third-order valence-electron chi connectivity index (χ3n) is 7.80. The summed E-state index contributed by atoms with van der Waals surface area (Å²) in [7, 11) is -8.09. The number of aliphatic hydroxyl groups excluding tert-OH is 1. The number of nitrogens with one attached hydrogen (secondary N) is 1. The van der Waals surface area contributed by atoms with E-state index >= 15 is 4.39 Å². The maximum absolute atomic E-state index is 16.0. The standard InChI is InChI=1S/C21H26BFN10O11P2/c22-45(36)39-2-8-7(1-34)13(20(41-8)33-6-29-12-17(33)30-21(25)31-18(12)35)44-46(37,38)40-3-9-14(43-45)10(23)19(42-9)32-5-28-11-15(24)26-4-27-16(11)32/h4-10,13-14,19-20,34H,1-3,22H2,(H,37,38)(H2,24,26,27)(H3,25,30,31,35)/t7-,8-,9-,10-,13-,14-,19-,20-,45-/m1/s1. The number of phosphoric acid groups is 1. The molecule has 4 aromatic heterocycles. The van der Waals surface area contributed by atoms with E-state index in [4.69, 9.17) is 39.0 Å². The van der Waals surface area contributed by atoms with E-state index in [0.29, 0.717) is 0 Å². The first-order valence-electron chi connectivity index (χ1n) is 13.6. The highest BCUT2D eigenvalue weighted by molar-refractivity contribution is 7.79. The van der Waals surface area contributed by atoms with Crippen LogP contribution in [-0.2, 0) is 36.7 Å². The third-order valence-corrected chi connectivity index (χ3v) is 10.0. The molecule has 0 amide bonds. The van der Waals surface area contributed by atoms with Crippen molar-refractivity contribution < 1.29 is 51.1 Å². The zero-order chi connectivity index (χ0) is 32.5. The number of imidazole rings is 2. The molecule has 0 spiro atoms. The van der Waals surface area contributed by atoms with Gasteiger partial charge in [0.25, 0.3) is 20.6 Å². The molecule has 3 saturated heterocycles. The summed E-state index contributed by atoms with van der Waals surface area (Å²) >= 11 is 0. The van der Waals surface area contributed by atoms with Crippen molar-refractivity contribution >= 4 is 57.0 Å². The van der Waals surface area contributed by atoms with Crippen LogP contribution < -0.4 is 17.0 Å². The molecule has 46 heavy (non-hydrogen) atoms. The highest BCUT2D eigenvalue weighted by Crippen LogP contribution is 2.54. The van der Waals surface area contributed by atoms with Crippen molar-refractivity contribution in [2.45, 2.75) is 43.0 Å². The predicted molar refractivity (Wildman–Crippen MR) is 153 cm³/mol. The number of aromatic amines is 1. The average Bonchev–Trinajstić information content (AvgIpc) is 3.75. The van der Waals surface area contributed by atoms with Crippen LogP contribution in [-0.4, -0.2) is 107 Å². The number of fused-ring (bicyclic) bond motifs is 5. The van der Waals surface area contributed by atoms with Gasteiger partial charge in [-0.25, -0.2) is 28.9 Å². The zero-order valence-corrected chi connectivity index (χ0v) is 25.4. The van der Waals surface area contributed by atoms with E-state index in [1.807, 2.05) is 0 Å². The molecule has 3 aliphatic rings. The van der Waals surface area contributed by atoms with Crippen LogP contribution in [0.1, 0.15) is 12.5 Å². The van der Waals surface area contributed by atoms with Crippen LogP contribution in [0.5, 0.6) is 0 Å². The van der Waals surface area contributed by atoms with Gasteiger partial charge in [-0.2, -0.15) is 4.98 Å². The smallest absolute Gasteiger partial charge is 0.396 e. The van der Waals surface area contributed by atoms with E-state index in [9.17, 15) is 23.9 Å². The van der Waals surface area contributed by atoms with Gasteiger partial charge in [0.15, 0.2) is 41.3 Å². The van der Waals surface area contributed by atoms with Gasteiger partial charge in [-0.3, -0.25) is 32.5 Å². The number of rotatable bonds is 3. The van der Waals surface area contributed by atoms with Crippen molar-refractivity contribution in [2.24, 2.45) is 5.92 Å². The molecule has 4 aromatic rings. The van der Waals surface area contributed by atoms with E-state index in [1.54, 1.807) is 0 Å². The predicted octanol–water partition coefficient (Wildman–Crippen LogP) is -1.48. The molecule has 3 aliphatic heterocycles. The fraction of sp³-hybridized carbons (Fsp3) is 0.524. The molecule has 0 saturated carbocycles. The van der Waals surface area contributed by atoms with Crippen molar-refractivity contribution in [3.05, 3.63) is 29.3 Å². The summed E-state index contributed by atoms with van der Waals surface area (Å²) in [5.74, 6) is -1.29. The van der Waals surface area contributed by atoms with Crippen molar-refractivity contribution in [1.29, 1.82) is 0 Å². The van der Waals surface area contributed by atoms with Crippen molar-refractivity contribution in [3.8, 4) is 0 Å². The van der Waals surface area contributed by atoms with Gasteiger partial charge in [-0.1, -0.05) is 0 Å². The van der Waals surface area contributed by atoms with Gasteiger partial charge in [-0.05, 0) is 0 Å². The first-order chi connectivity index (χ1) is 21.9. The van der Waals surface area contributed by atoms with Gasteiger partial charge in [-0.15, -0.1) is 0 Å². The minimum absolute atomic E-state index is 0.0372. The molecule has 7 N–H and O–H groups in total. The summed E-state index contributed by atoms with van der Waals surface area (Å²) in [4.78, 5) is 45.6. The highest BCUT2D eigenvalue weighted by Gasteiger charge is 2.54. The van der Waals surface area contributed by atoms with Gasteiger partial charge in [0.2, 0.25) is 5.95 Å². The Morgan fingerprint density at radius 1 is 0.978 bits per heavy atom. The monoisotopic (exact) mass is 686 g/mol. The Morgan fingerprint density at radius 2 is 1.67 bits per heavy atom. The number of aliphatic hydroxyl groups is 1. The second-order valence-electron chi connectivity index (χ2n) is 10.8.